The second kappa shape index (κ2) is 13.4. The number of rotatable bonds is 14. The lowest BCUT2D eigenvalue weighted by molar-refractivity contribution is -0.143. The van der Waals surface area contributed by atoms with E-state index in [1.54, 1.807) is 0 Å². The average molecular weight is 286 g/mol. The molecule has 0 heterocycles. The smallest absolute Gasteiger partial charge is 0.322 e. The van der Waals surface area contributed by atoms with Crippen molar-refractivity contribution in [1.29, 1.82) is 0 Å². The van der Waals surface area contributed by atoms with Crippen molar-refractivity contribution >= 4 is 5.97 Å². The number of aliphatic carboxylic acids is 1. The first-order valence-corrected chi connectivity index (χ1v) is 8.37. The summed E-state index contributed by atoms with van der Waals surface area (Å²) in [5.41, 5.74) is 0. The van der Waals surface area contributed by atoms with Crippen molar-refractivity contribution in [3.63, 3.8) is 0 Å². The van der Waals surface area contributed by atoms with Crippen LogP contribution in [0.3, 0.4) is 0 Å². The van der Waals surface area contributed by atoms with Crippen LogP contribution in [-0.4, -0.2) is 28.7 Å². The lowest BCUT2D eigenvalue weighted by Crippen LogP contribution is -2.45. The molecule has 0 aliphatic rings. The summed E-state index contributed by atoms with van der Waals surface area (Å²) >= 11 is 0. The van der Waals surface area contributed by atoms with E-state index < -0.39 is 12.0 Å². The van der Waals surface area contributed by atoms with Gasteiger partial charge in [0.25, 0.3) is 0 Å². The number of hydrogen-bond donors (Lipinski definition) is 2. The highest BCUT2D eigenvalue weighted by Crippen LogP contribution is 2.13. The van der Waals surface area contributed by atoms with Crippen LogP contribution in [0.25, 0.3) is 0 Å². The monoisotopic (exact) mass is 286 g/mol. The molecule has 0 aromatic rings. The Hall–Kier alpha value is -0.610. The third kappa shape index (κ3) is 10.2. The van der Waals surface area contributed by atoms with Gasteiger partial charge in [0.1, 0.15) is 6.04 Å². The van der Waals surface area contributed by atoms with E-state index in [-0.39, 0.29) is 0 Å². The Labute approximate surface area is 124 Å². The van der Waals surface area contributed by atoms with Crippen LogP contribution in [0.5, 0.6) is 0 Å². The summed E-state index contributed by atoms with van der Waals surface area (Å²) in [4.78, 5) is 11.1. The quantitative estimate of drug-likeness (QED) is 0.288. The van der Waals surface area contributed by atoms with Gasteiger partial charge in [-0.1, -0.05) is 78.1 Å². The zero-order valence-electron chi connectivity index (χ0n) is 13.4. The Bertz CT molecular complexity index is 235. The molecule has 0 aromatic heterocycles. The number of nitrogens with zero attached hydrogens (tertiary/aromatic N) is 1. The summed E-state index contributed by atoms with van der Waals surface area (Å²) < 4.78 is 0. The fourth-order valence-electron chi connectivity index (χ4n) is 2.48. The predicted molar refractivity (Wildman–Crippen MR) is 84.5 cm³/mol. The largest absolute Gasteiger partial charge is 0.480 e. The maximum Gasteiger partial charge on any atom is 0.322 e. The maximum absolute atomic E-state index is 11.1. The summed E-state index contributed by atoms with van der Waals surface area (Å²) in [5.74, 6) is 4.89. The summed E-state index contributed by atoms with van der Waals surface area (Å²) in [7, 11) is 0. The van der Waals surface area contributed by atoms with Crippen LogP contribution in [0.1, 0.15) is 84.5 Å². The van der Waals surface area contributed by atoms with Crippen LogP contribution in [0.15, 0.2) is 0 Å². The highest BCUT2D eigenvalue weighted by molar-refractivity contribution is 5.73. The number of carboxylic acid groups (broad SMARTS) is 1. The van der Waals surface area contributed by atoms with Crippen LogP contribution in [0, 0.1) is 0 Å². The molecule has 1 unspecified atom stereocenters. The van der Waals surface area contributed by atoms with Crippen LogP contribution in [0.4, 0.5) is 0 Å². The molecule has 0 aromatic carbocycles. The first-order valence-electron chi connectivity index (χ1n) is 8.37. The molecule has 4 nitrogen and oxygen atoms in total. The Morgan fingerprint density at radius 2 is 1.40 bits per heavy atom. The predicted octanol–water partition coefficient (Wildman–Crippen LogP) is 3.95. The van der Waals surface area contributed by atoms with Gasteiger partial charge in [-0.05, 0) is 6.42 Å². The third-order valence-corrected chi connectivity index (χ3v) is 3.88. The van der Waals surface area contributed by atoms with Gasteiger partial charge in [-0.2, -0.15) is 0 Å². The second-order valence-electron chi connectivity index (χ2n) is 5.66. The fourth-order valence-corrected chi connectivity index (χ4v) is 2.48. The minimum absolute atomic E-state index is 0.519. The van der Waals surface area contributed by atoms with Crippen molar-refractivity contribution in [2.24, 2.45) is 5.84 Å². The SMILES string of the molecule is CCCCCCCCCCCCC(C(=O)O)N(N)CC. The molecule has 120 valence electrons. The molecule has 0 aliphatic carbocycles. The van der Waals surface area contributed by atoms with Crippen molar-refractivity contribution in [3.05, 3.63) is 0 Å². The molecule has 0 amide bonds. The minimum Gasteiger partial charge on any atom is -0.480 e. The molecule has 0 bridgehead atoms. The average Bonchev–Trinajstić information content (AvgIpc) is 2.43. The number of hydrazine groups is 1. The number of carbonyl (C=O) groups is 1. The van der Waals surface area contributed by atoms with Gasteiger partial charge in [-0.25, -0.2) is 5.01 Å². The topological polar surface area (TPSA) is 66.6 Å². The molecule has 0 rings (SSSR count). The molecule has 0 fully saturated rings. The van der Waals surface area contributed by atoms with E-state index in [1.165, 1.54) is 56.4 Å². The van der Waals surface area contributed by atoms with Crippen molar-refractivity contribution in [1.82, 2.24) is 5.01 Å². The van der Waals surface area contributed by atoms with Gasteiger partial charge in [-0.15, -0.1) is 0 Å². The Balaban J connectivity index is 3.44. The van der Waals surface area contributed by atoms with Gasteiger partial charge >= 0.3 is 5.97 Å². The standard InChI is InChI=1S/C16H34N2O2/c1-3-5-6-7-8-9-10-11-12-13-14-15(16(19)20)18(17)4-2/h15H,3-14,17H2,1-2H3,(H,19,20). The van der Waals surface area contributed by atoms with Crippen molar-refractivity contribution < 1.29 is 9.90 Å². The molecule has 0 aliphatic heterocycles. The number of nitrogens with two attached hydrogens (primary N) is 1. The highest BCUT2D eigenvalue weighted by atomic mass is 16.4. The van der Waals surface area contributed by atoms with E-state index >= 15 is 0 Å². The van der Waals surface area contributed by atoms with Gasteiger partial charge in [0.15, 0.2) is 0 Å². The zero-order chi connectivity index (χ0) is 15.2. The number of unbranched alkanes of at least 4 members (excludes halogenated alkanes) is 9. The van der Waals surface area contributed by atoms with E-state index in [4.69, 9.17) is 10.9 Å². The van der Waals surface area contributed by atoms with Gasteiger partial charge < -0.3 is 5.11 Å². The van der Waals surface area contributed by atoms with Crippen molar-refractivity contribution in [2.45, 2.75) is 90.5 Å². The van der Waals surface area contributed by atoms with Gasteiger partial charge in [0, 0.05) is 6.54 Å². The number of likely N-dealkylation sites (N-methyl/N-ethyl adjacent to an activating group) is 1. The van der Waals surface area contributed by atoms with E-state index in [0.717, 1.165) is 12.8 Å². The molecule has 1 atom stereocenters. The zero-order valence-corrected chi connectivity index (χ0v) is 13.4. The molecular formula is C16H34N2O2. The molecule has 0 spiro atoms. The Kier molecular flexibility index (Phi) is 13.0. The molecule has 0 saturated carbocycles. The molecule has 0 radical (unpaired) electrons. The first kappa shape index (κ1) is 19.4. The van der Waals surface area contributed by atoms with Gasteiger partial charge in [-0.3, -0.25) is 10.6 Å². The lowest BCUT2D eigenvalue weighted by Gasteiger charge is -2.22. The lowest BCUT2D eigenvalue weighted by atomic mass is 10.0. The normalized spacial score (nSPS) is 12.8. The number of carboxylic acids is 1. The van der Waals surface area contributed by atoms with E-state index in [1.807, 2.05) is 6.92 Å². The summed E-state index contributed by atoms with van der Waals surface area (Å²) in [6.07, 6.45) is 13.3. The third-order valence-electron chi connectivity index (χ3n) is 3.88. The van der Waals surface area contributed by atoms with Crippen LogP contribution >= 0.6 is 0 Å². The molecule has 0 saturated heterocycles. The highest BCUT2D eigenvalue weighted by Gasteiger charge is 2.21. The van der Waals surface area contributed by atoms with Crippen molar-refractivity contribution in [3.8, 4) is 0 Å². The number of hydrogen-bond acceptors (Lipinski definition) is 3. The van der Waals surface area contributed by atoms with Crippen LogP contribution in [0.2, 0.25) is 0 Å². The summed E-state index contributed by atoms with van der Waals surface area (Å²) in [6.45, 7) is 4.70. The van der Waals surface area contributed by atoms with Crippen molar-refractivity contribution in [2.75, 3.05) is 6.54 Å². The van der Waals surface area contributed by atoms with Gasteiger partial charge in [0.05, 0.1) is 0 Å². The second-order valence-corrected chi connectivity index (χ2v) is 5.66. The molecule has 20 heavy (non-hydrogen) atoms. The van der Waals surface area contributed by atoms with E-state index in [0.29, 0.717) is 13.0 Å². The van der Waals surface area contributed by atoms with E-state index in [9.17, 15) is 4.79 Å². The maximum atomic E-state index is 11.1. The Morgan fingerprint density at radius 3 is 1.80 bits per heavy atom. The van der Waals surface area contributed by atoms with Crippen LogP contribution in [-0.2, 0) is 4.79 Å². The first-order chi connectivity index (χ1) is 9.63. The Morgan fingerprint density at radius 1 is 0.950 bits per heavy atom. The van der Waals surface area contributed by atoms with E-state index in [2.05, 4.69) is 6.92 Å². The summed E-state index contributed by atoms with van der Waals surface area (Å²) in [6, 6.07) is -0.519. The summed E-state index contributed by atoms with van der Waals surface area (Å²) in [5, 5.41) is 10.5. The van der Waals surface area contributed by atoms with Crippen LogP contribution < -0.4 is 5.84 Å². The molecule has 4 heteroatoms. The molecular weight excluding hydrogens is 252 g/mol. The fraction of sp³-hybridized carbons (Fsp3) is 0.938. The minimum atomic E-state index is -0.801. The van der Waals surface area contributed by atoms with Gasteiger partial charge in [0.2, 0.25) is 0 Å². The molecule has 3 N–H and O–H groups in total.